The molecule has 0 atom stereocenters. The van der Waals surface area contributed by atoms with Crippen LogP contribution in [0.5, 0.6) is 5.75 Å². The second-order valence-electron chi connectivity index (χ2n) is 5.03. The average molecular weight is 343 g/mol. The second kappa shape index (κ2) is 7.61. The molecule has 1 amide bonds. The Kier molecular flexibility index (Phi) is 5.08. The Hall–Kier alpha value is -2.86. The van der Waals surface area contributed by atoms with Crippen LogP contribution in [0.3, 0.4) is 0 Å². The third-order valence-electron chi connectivity index (χ3n) is 3.27. The van der Waals surface area contributed by atoms with Gasteiger partial charge in [-0.25, -0.2) is 9.67 Å². The maximum atomic E-state index is 11.9. The van der Waals surface area contributed by atoms with Gasteiger partial charge in [0.2, 0.25) is 0 Å². The van der Waals surface area contributed by atoms with Crippen LogP contribution in [0, 0.1) is 0 Å². The Morgan fingerprint density at radius 3 is 2.79 bits per heavy atom. The van der Waals surface area contributed by atoms with Gasteiger partial charge in [0.25, 0.3) is 5.91 Å². The summed E-state index contributed by atoms with van der Waals surface area (Å²) in [6.45, 7) is 0.368. The molecule has 1 N–H and O–H groups in total. The van der Waals surface area contributed by atoms with Gasteiger partial charge in [-0.2, -0.15) is 5.10 Å². The van der Waals surface area contributed by atoms with Crippen molar-refractivity contribution in [2.75, 3.05) is 6.61 Å². The number of halogens is 1. The van der Waals surface area contributed by atoms with Crippen molar-refractivity contribution in [3.05, 3.63) is 71.8 Å². The van der Waals surface area contributed by atoms with Crippen LogP contribution in [0.2, 0.25) is 5.02 Å². The van der Waals surface area contributed by atoms with E-state index in [9.17, 15) is 4.79 Å². The summed E-state index contributed by atoms with van der Waals surface area (Å²) < 4.78 is 7.14. The molecule has 0 aliphatic heterocycles. The molecular weight excluding hydrogens is 328 g/mol. The predicted octanol–water partition coefficient (Wildman–Crippen LogP) is 2.62. The van der Waals surface area contributed by atoms with Crippen LogP contribution in [0.4, 0.5) is 0 Å². The van der Waals surface area contributed by atoms with Crippen molar-refractivity contribution in [3.8, 4) is 11.4 Å². The van der Waals surface area contributed by atoms with Crippen molar-refractivity contribution in [2.45, 2.75) is 6.54 Å². The van der Waals surface area contributed by atoms with E-state index >= 15 is 0 Å². The fourth-order valence-electron chi connectivity index (χ4n) is 2.06. The first-order valence-electron chi connectivity index (χ1n) is 7.30. The number of carbonyl (C=O) groups excluding carboxylic acids is 1. The number of hydrogen-bond acceptors (Lipinski definition) is 4. The van der Waals surface area contributed by atoms with E-state index < -0.39 is 0 Å². The number of aromatic nitrogens is 3. The summed E-state index contributed by atoms with van der Waals surface area (Å²) in [6.07, 6.45) is 3.05. The fourth-order valence-corrected chi connectivity index (χ4v) is 2.19. The van der Waals surface area contributed by atoms with E-state index in [4.69, 9.17) is 16.3 Å². The summed E-state index contributed by atoms with van der Waals surface area (Å²) in [5.74, 6) is 0.390. The Morgan fingerprint density at radius 2 is 2.04 bits per heavy atom. The monoisotopic (exact) mass is 342 g/mol. The molecule has 0 spiro atoms. The maximum Gasteiger partial charge on any atom is 0.258 e. The molecule has 0 radical (unpaired) electrons. The summed E-state index contributed by atoms with van der Waals surface area (Å²) in [4.78, 5) is 15.8. The Bertz CT molecular complexity index is 804. The zero-order valence-corrected chi connectivity index (χ0v) is 13.5. The number of carbonyl (C=O) groups is 1. The normalized spacial score (nSPS) is 10.4. The molecular formula is C17H15ClN4O2. The fraction of sp³-hybridized carbons (Fsp3) is 0.118. The molecule has 122 valence electrons. The first-order chi connectivity index (χ1) is 11.7. The predicted molar refractivity (Wildman–Crippen MR) is 90.2 cm³/mol. The zero-order valence-electron chi connectivity index (χ0n) is 12.7. The molecule has 0 saturated carbocycles. The van der Waals surface area contributed by atoms with E-state index in [1.807, 2.05) is 24.3 Å². The highest BCUT2D eigenvalue weighted by Gasteiger charge is 2.05. The van der Waals surface area contributed by atoms with Crippen LogP contribution >= 0.6 is 11.6 Å². The highest BCUT2D eigenvalue weighted by Crippen LogP contribution is 2.15. The van der Waals surface area contributed by atoms with Crippen LogP contribution < -0.4 is 10.1 Å². The minimum absolute atomic E-state index is 0.0611. The van der Waals surface area contributed by atoms with Crippen LogP contribution in [0.1, 0.15) is 5.56 Å². The number of benzene rings is 2. The van der Waals surface area contributed by atoms with Crippen molar-refractivity contribution >= 4 is 17.5 Å². The van der Waals surface area contributed by atoms with Crippen molar-refractivity contribution in [1.82, 2.24) is 20.1 Å². The summed E-state index contributed by atoms with van der Waals surface area (Å²) >= 11 is 5.82. The van der Waals surface area contributed by atoms with Gasteiger partial charge in [-0.1, -0.05) is 29.8 Å². The van der Waals surface area contributed by atoms with Gasteiger partial charge in [0.1, 0.15) is 18.4 Å². The van der Waals surface area contributed by atoms with Crippen molar-refractivity contribution in [2.24, 2.45) is 0 Å². The van der Waals surface area contributed by atoms with Crippen molar-refractivity contribution in [1.29, 1.82) is 0 Å². The standard InChI is InChI=1S/C17H15ClN4O2/c18-14-6-4-13(5-7-14)9-20-17(23)10-24-16-3-1-2-15(8-16)22-12-19-11-21-22/h1-8,11-12H,9-10H2,(H,20,23). The lowest BCUT2D eigenvalue weighted by Gasteiger charge is -2.09. The lowest BCUT2D eigenvalue weighted by Crippen LogP contribution is -2.28. The van der Waals surface area contributed by atoms with Gasteiger partial charge in [-0.3, -0.25) is 4.79 Å². The molecule has 1 aromatic heterocycles. The summed E-state index contributed by atoms with van der Waals surface area (Å²) in [5.41, 5.74) is 1.78. The highest BCUT2D eigenvalue weighted by atomic mass is 35.5. The number of amides is 1. The maximum absolute atomic E-state index is 11.9. The molecule has 0 unspecified atom stereocenters. The van der Waals surface area contributed by atoms with Crippen molar-refractivity contribution < 1.29 is 9.53 Å². The van der Waals surface area contributed by atoms with Gasteiger partial charge < -0.3 is 10.1 Å². The van der Waals surface area contributed by atoms with Crippen LogP contribution in [0.15, 0.2) is 61.2 Å². The molecule has 2 aromatic carbocycles. The number of nitrogens with one attached hydrogen (secondary N) is 1. The highest BCUT2D eigenvalue weighted by molar-refractivity contribution is 6.30. The van der Waals surface area contributed by atoms with E-state index in [1.54, 1.807) is 35.3 Å². The van der Waals surface area contributed by atoms with E-state index in [0.29, 0.717) is 17.3 Å². The van der Waals surface area contributed by atoms with E-state index in [-0.39, 0.29) is 12.5 Å². The minimum atomic E-state index is -0.198. The number of rotatable bonds is 6. The van der Waals surface area contributed by atoms with Crippen LogP contribution in [-0.4, -0.2) is 27.3 Å². The summed E-state index contributed by atoms with van der Waals surface area (Å²) in [6, 6.07) is 14.6. The molecule has 0 aliphatic carbocycles. The van der Waals surface area contributed by atoms with Gasteiger partial charge in [0.15, 0.2) is 6.61 Å². The van der Waals surface area contributed by atoms with Gasteiger partial charge >= 0.3 is 0 Å². The average Bonchev–Trinajstić information content (AvgIpc) is 3.14. The molecule has 6 nitrogen and oxygen atoms in total. The summed E-state index contributed by atoms with van der Waals surface area (Å²) in [5, 5.41) is 7.52. The molecule has 0 bridgehead atoms. The second-order valence-corrected chi connectivity index (χ2v) is 5.47. The molecule has 0 aliphatic rings. The third-order valence-corrected chi connectivity index (χ3v) is 3.53. The Morgan fingerprint density at radius 1 is 1.21 bits per heavy atom. The van der Waals surface area contributed by atoms with Gasteiger partial charge in [0, 0.05) is 17.6 Å². The minimum Gasteiger partial charge on any atom is -0.484 e. The van der Waals surface area contributed by atoms with Gasteiger partial charge in [-0.05, 0) is 29.8 Å². The topological polar surface area (TPSA) is 69.0 Å². The number of hydrogen-bond donors (Lipinski definition) is 1. The largest absolute Gasteiger partial charge is 0.484 e. The van der Waals surface area contributed by atoms with Crippen LogP contribution in [-0.2, 0) is 11.3 Å². The molecule has 3 rings (SSSR count). The van der Waals surface area contributed by atoms with E-state index in [0.717, 1.165) is 11.3 Å². The number of nitrogens with zero attached hydrogens (tertiary/aromatic N) is 3. The number of ether oxygens (including phenoxy) is 1. The van der Waals surface area contributed by atoms with E-state index in [1.165, 1.54) is 6.33 Å². The summed E-state index contributed by atoms with van der Waals surface area (Å²) in [7, 11) is 0. The lowest BCUT2D eigenvalue weighted by atomic mass is 10.2. The Balaban J connectivity index is 1.51. The smallest absolute Gasteiger partial charge is 0.258 e. The molecule has 1 heterocycles. The zero-order chi connectivity index (χ0) is 16.8. The van der Waals surface area contributed by atoms with E-state index in [2.05, 4.69) is 15.4 Å². The molecule has 0 fully saturated rings. The molecule has 3 aromatic rings. The molecule has 0 saturated heterocycles. The molecule has 24 heavy (non-hydrogen) atoms. The lowest BCUT2D eigenvalue weighted by molar-refractivity contribution is -0.123. The van der Waals surface area contributed by atoms with Crippen molar-refractivity contribution in [3.63, 3.8) is 0 Å². The quantitative estimate of drug-likeness (QED) is 0.747. The molecule has 7 heteroatoms. The Labute approximate surface area is 144 Å². The SMILES string of the molecule is O=C(COc1cccc(-n2cncn2)c1)NCc1ccc(Cl)cc1. The first-order valence-corrected chi connectivity index (χ1v) is 7.67. The first kappa shape index (κ1) is 16.0. The van der Waals surface area contributed by atoms with Gasteiger partial charge in [0.05, 0.1) is 5.69 Å². The van der Waals surface area contributed by atoms with Gasteiger partial charge in [-0.15, -0.1) is 0 Å². The van der Waals surface area contributed by atoms with Crippen LogP contribution in [0.25, 0.3) is 5.69 Å². The third kappa shape index (κ3) is 4.33.